The van der Waals surface area contributed by atoms with E-state index >= 15 is 0 Å². The third-order valence-electron chi connectivity index (χ3n) is 2.49. The van der Waals surface area contributed by atoms with Crippen LogP contribution in [0.3, 0.4) is 0 Å². The Morgan fingerprint density at radius 2 is 2.10 bits per heavy atom. The van der Waals surface area contributed by atoms with Gasteiger partial charge in [-0.05, 0) is 18.2 Å². The van der Waals surface area contributed by atoms with Crippen LogP contribution in [0.15, 0.2) is 24.4 Å². The predicted molar refractivity (Wildman–Crippen MR) is 65.2 cm³/mol. The molecular weight excluding hydrogens is 286 g/mol. The number of carboxylic acid groups (broad SMARTS) is 1. The third kappa shape index (κ3) is 3.81. The number of nitrogens with zero attached hydrogens (tertiary/aromatic N) is 3. The molecule has 1 heterocycles. The van der Waals surface area contributed by atoms with E-state index in [0.29, 0.717) is 5.69 Å². The van der Waals surface area contributed by atoms with Gasteiger partial charge in [-0.25, -0.2) is 13.5 Å². The van der Waals surface area contributed by atoms with Crippen molar-refractivity contribution in [2.24, 2.45) is 0 Å². The van der Waals surface area contributed by atoms with E-state index in [-0.39, 0.29) is 13.1 Å². The van der Waals surface area contributed by atoms with Crippen molar-refractivity contribution < 1.29 is 23.5 Å². The molecule has 0 bridgehead atoms. The number of hydrogen-bond donors (Lipinski definition) is 2. The third-order valence-corrected chi connectivity index (χ3v) is 2.49. The first-order valence-electron chi connectivity index (χ1n) is 5.80. The van der Waals surface area contributed by atoms with Gasteiger partial charge >= 0.3 is 5.97 Å². The molecule has 0 saturated heterocycles. The maximum Gasteiger partial charge on any atom is 0.325 e. The van der Waals surface area contributed by atoms with Gasteiger partial charge in [-0.15, -0.1) is 5.10 Å². The van der Waals surface area contributed by atoms with Gasteiger partial charge in [0, 0.05) is 0 Å². The fourth-order valence-electron chi connectivity index (χ4n) is 1.57. The van der Waals surface area contributed by atoms with Gasteiger partial charge in [0.1, 0.15) is 23.9 Å². The summed E-state index contributed by atoms with van der Waals surface area (Å²) in [7, 11) is 0. The molecule has 110 valence electrons. The largest absolute Gasteiger partial charge is 0.480 e. The zero-order chi connectivity index (χ0) is 15.4. The number of carbonyl (C=O) groups is 2. The van der Waals surface area contributed by atoms with E-state index in [2.05, 4.69) is 15.6 Å². The molecule has 1 aromatic heterocycles. The molecule has 0 aliphatic rings. The minimum Gasteiger partial charge on any atom is -0.480 e. The summed E-state index contributed by atoms with van der Waals surface area (Å²) >= 11 is 0. The van der Waals surface area contributed by atoms with Crippen molar-refractivity contribution in [3.63, 3.8) is 0 Å². The van der Waals surface area contributed by atoms with Crippen LogP contribution in [0.5, 0.6) is 0 Å². The molecule has 7 nitrogen and oxygen atoms in total. The number of halogens is 2. The van der Waals surface area contributed by atoms with Crippen LogP contribution in [0.25, 0.3) is 0 Å². The Labute approximate surface area is 117 Å². The molecule has 0 spiro atoms. The summed E-state index contributed by atoms with van der Waals surface area (Å²) in [5, 5.41) is 18.1. The minimum atomic E-state index is -1.09. The second kappa shape index (κ2) is 6.07. The average Bonchev–Trinajstić information content (AvgIpc) is 2.85. The molecule has 0 atom stereocenters. The van der Waals surface area contributed by atoms with Crippen LogP contribution >= 0.6 is 0 Å². The monoisotopic (exact) mass is 296 g/mol. The van der Waals surface area contributed by atoms with Crippen molar-refractivity contribution >= 4 is 11.9 Å². The van der Waals surface area contributed by atoms with Gasteiger partial charge in [0.05, 0.1) is 18.3 Å². The Kier molecular flexibility index (Phi) is 4.21. The van der Waals surface area contributed by atoms with Crippen LogP contribution in [-0.4, -0.2) is 32.0 Å². The second-order valence-electron chi connectivity index (χ2n) is 4.11. The Balaban J connectivity index is 1.99. The van der Waals surface area contributed by atoms with E-state index in [1.807, 2.05) is 0 Å². The summed E-state index contributed by atoms with van der Waals surface area (Å²) in [6.45, 7) is -0.451. The fraction of sp³-hybridized carbons (Fsp3) is 0.167. The quantitative estimate of drug-likeness (QED) is 0.840. The van der Waals surface area contributed by atoms with Crippen LogP contribution in [0, 0.1) is 11.6 Å². The first kappa shape index (κ1) is 14.6. The number of nitrogens with one attached hydrogen (secondary N) is 1. The van der Waals surface area contributed by atoms with Crippen LogP contribution < -0.4 is 5.32 Å². The first-order chi connectivity index (χ1) is 9.95. The molecule has 9 heteroatoms. The number of amides is 1. The Morgan fingerprint density at radius 3 is 2.81 bits per heavy atom. The molecule has 0 aliphatic carbocycles. The highest BCUT2D eigenvalue weighted by molar-refractivity contribution is 5.94. The summed E-state index contributed by atoms with van der Waals surface area (Å²) in [5.41, 5.74) is -0.130. The van der Waals surface area contributed by atoms with Crippen molar-refractivity contribution in [2.45, 2.75) is 13.1 Å². The van der Waals surface area contributed by atoms with Gasteiger partial charge in [-0.3, -0.25) is 9.59 Å². The average molecular weight is 296 g/mol. The second-order valence-corrected chi connectivity index (χ2v) is 4.11. The van der Waals surface area contributed by atoms with Crippen molar-refractivity contribution in [1.29, 1.82) is 0 Å². The summed E-state index contributed by atoms with van der Waals surface area (Å²) < 4.78 is 27.4. The van der Waals surface area contributed by atoms with Crippen LogP contribution in [0.2, 0.25) is 0 Å². The number of carbonyl (C=O) groups excluding carboxylic acids is 1. The van der Waals surface area contributed by atoms with Gasteiger partial charge in [0.25, 0.3) is 5.91 Å². The number of benzene rings is 1. The van der Waals surface area contributed by atoms with Crippen molar-refractivity contribution in [3.8, 4) is 0 Å². The topological polar surface area (TPSA) is 97.1 Å². The van der Waals surface area contributed by atoms with E-state index in [1.165, 1.54) is 6.20 Å². The summed E-state index contributed by atoms with van der Waals surface area (Å²) in [6.07, 6.45) is 1.33. The van der Waals surface area contributed by atoms with Crippen molar-refractivity contribution in [2.75, 3.05) is 0 Å². The van der Waals surface area contributed by atoms with Crippen molar-refractivity contribution in [1.82, 2.24) is 20.3 Å². The maximum atomic E-state index is 13.4. The van der Waals surface area contributed by atoms with Gasteiger partial charge in [-0.2, -0.15) is 0 Å². The van der Waals surface area contributed by atoms with Gasteiger partial charge in [0.2, 0.25) is 0 Å². The fourth-order valence-corrected chi connectivity index (χ4v) is 1.57. The normalized spacial score (nSPS) is 10.4. The Bertz CT molecular complexity index is 687. The lowest BCUT2D eigenvalue weighted by Gasteiger charge is -2.04. The number of aliphatic carboxylic acids is 1. The standard InChI is InChI=1S/C12H10F2N4O3/c13-7-1-2-10(14)9(3-7)12(21)15-4-8-5-18(17-16-8)6-11(19)20/h1-3,5H,4,6H2,(H,15,21)(H,19,20). The van der Waals surface area contributed by atoms with E-state index < -0.39 is 29.1 Å². The molecule has 0 fully saturated rings. The van der Waals surface area contributed by atoms with Crippen LogP contribution in [-0.2, 0) is 17.9 Å². The molecule has 1 amide bonds. The molecule has 0 saturated carbocycles. The van der Waals surface area contributed by atoms with Gasteiger partial charge in [0.15, 0.2) is 0 Å². The zero-order valence-corrected chi connectivity index (χ0v) is 10.6. The van der Waals surface area contributed by atoms with E-state index in [1.54, 1.807) is 0 Å². The smallest absolute Gasteiger partial charge is 0.325 e. The predicted octanol–water partition coefficient (Wildman–Crippen LogP) is 0.571. The maximum absolute atomic E-state index is 13.4. The summed E-state index contributed by atoms with van der Waals surface area (Å²) in [6, 6.07) is 2.54. The highest BCUT2D eigenvalue weighted by atomic mass is 19.1. The minimum absolute atomic E-state index is 0.0889. The number of aromatic nitrogens is 3. The van der Waals surface area contributed by atoms with Gasteiger partial charge in [-0.1, -0.05) is 5.21 Å². The number of carboxylic acids is 1. The molecule has 21 heavy (non-hydrogen) atoms. The Hall–Kier alpha value is -2.84. The summed E-state index contributed by atoms with van der Waals surface area (Å²) in [5.74, 6) is -3.46. The molecule has 0 unspecified atom stereocenters. The molecule has 1 aromatic carbocycles. The molecule has 2 rings (SSSR count). The number of hydrogen-bond acceptors (Lipinski definition) is 4. The van der Waals surface area contributed by atoms with Crippen molar-refractivity contribution in [3.05, 3.63) is 47.3 Å². The molecule has 0 radical (unpaired) electrons. The SMILES string of the molecule is O=C(O)Cn1cc(CNC(=O)c2cc(F)ccc2F)nn1. The lowest BCUT2D eigenvalue weighted by Crippen LogP contribution is -2.24. The highest BCUT2D eigenvalue weighted by Crippen LogP contribution is 2.09. The lowest BCUT2D eigenvalue weighted by atomic mass is 10.2. The summed E-state index contributed by atoms with van der Waals surface area (Å²) in [4.78, 5) is 22.2. The highest BCUT2D eigenvalue weighted by Gasteiger charge is 2.13. The van der Waals surface area contributed by atoms with E-state index in [4.69, 9.17) is 5.11 Å². The lowest BCUT2D eigenvalue weighted by molar-refractivity contribution is -0.137. The molecule has 2 N–H and O–H groups in total. The number of rotatable bonds is 5. The zero-order valence-electron chi connectivity index (χ0n) is 10.6. The molecular formula is C12H10F2N4O3. The van der Waals surface area contributed by atoms with Gasteiger partial charge < -0.3 is 10.4 Å². The van der Waals surface area contributed by atoms with E-state index in [9.17, 15) is 18.4 Å². The van der Waals surface area contributed by atoms with Crippen LogP contribution in [0.4, 0.5) is 8.78 Å². The molecule has 2 aromatic rings. The molecule has 0 aliphatic heterocycles. The van der Waals surface area contributed by atoms with Crippen LogP contribution in [0.1, 0.15) is 16.1 Å². The first-order valence-corrected chi connectivity index (χ1v) is 5.80. The Morgan fingerprint density at radius 1 is 1.33 bits per heavy atom. The van der Waals surface area contributed by atoms with E-state index in [0.717, 1.165) is 22.9 Å².